The third kappa shape index (κ3) is 4.21. The van der Waals surface area contributed by atoms with Crippen LogP contribution in [0, 0.1) is 6.92 Å². The van der Waals surface area contributed by atoms with Crippen LogP contribution >= 0.6 is 11.3 Å². The number of hydrogen-bond acceptors (Lipinski definition) is 6. The number of aromatic carboxylic acids is 1. The number of hydrogen-bond donors (Lipinski definition) is 3. The van der Waals surface area contributed by atoms with E-state index in [4.69, 9.17) is 5.11 Å². The van der Waals surface area contributed by atoms with Crippen molar-refractivity contribution in [3.63, 3.8) is 0 Å². The van der Waals surface area contributed by atoms with Crippen LogP contribution in [0.15, 0.2) is 18.6 Å². The van der Waals surface area contributed by atoms with Gasteiger partial charge in [-0.1, -0.05) is 0 Å². The Balaban J connectivity index is 1.80. The molecule has 0 aliphatic heterocycles. The van der Waals surface area contributed by atoms with Crippen molar-refractivity contribution in [1.82, 2.24) is 20.3 Å². The number of carbonyl (C=O) groups is 2. The minimum atomic E-state index is -0.982. The summed E-state index contributed by atoms with van der Waals surface area (Å²) in [6.07, 6.45) is 4.88. The molecule has 3 N–H and O–H groups in total. The molecule has 0 bridgehead atoms. The number of carboxylic acids is 1. The summed E-state index contributed by atoms with van der Waals surface area (Å²) in [5.41, 5.74) is 0.492. The molecule has 2 rings (SSSR count). The Morgan fingerprint density at radius 2 is 2.19 bits per heavy atom. The molecule has 2 amide bonds. The molecule has 0 saturated heterocycles. The minimum Gasteiger partial charge on any atom is -0.477 e. The maximum Gasteiger partial charge on any atom is 0.347 e. The zero-order chi connectivity index (χ0) is 15.2. The van der Waals surface area contributed by atoms with E-state index in [1.165, 1.54) is 18.6 Å². The van der Waals surface area contributed by atoms with Gasteiger partial charge in [-0.15, -0.1) is 11.3 Å². The first kappa shape index (κ1) is 14.9. The van der Waals surface area contributed by atoms with Gasteiger partial charge in [0.2, 0.25) is 0 Å². The molecule has 110 valence electrons. The van der Waals surface area contributed by atoms with Crippen LogP contribution < -0.4 is 10.6 Å². The predicted octanol–water partition coefficient (Wildman–Crippen LogP) is 1.30. The van der Waals surface area contributed by atoms with Gasteiger partial charge in [0.15, 0.2) is 5.82 Å². The summed E-state index contributed by atoms with van der Waals surface area (Å²) in [6.45, 7) is 2.00. The maximum atomic E-state index is 11.6. The fourth-order valence-electron chi connectivity index (χ4n) is 1.56. The molecule has 21 heavy (non-hydrogen) atoms. The highest BCUT2D eigenvalue weighted by Gasteiger charge is 2.13. The van der Waals surface area contributed by atoms with E-state index in [0.717, 1.165) is 11.3 Å². The Bertz CT molecular complexity index is 644. The van der Waals surface area contributed by atoms with Gasteiger partial charge in [-0.2, -0.15) is 0 Å². The minimum absolute atomic E-state index is 0.231. The third-order valence-electron chi connectivity index (χ3n) is 2.46. The molecule has 0 spiro atoms. The number of urea groups is 1. The fraction of sp³-hybridized carbons (Fsp3) is 0.250. The van der Waals surface area contributed by atoms with Crippen molar-refractivity contribution >= 4 is 29.2 Å². The fourth-order valence-corrected chi connectivity index (χ4v) is 2.47. The lowest BCUT2D eigenvalue weighted by atomic mass is 10.4. The van der Waals surface area contributed by atoms with Gasteiger partial charge in [-0.3, -0.25) is 10.3 Å². The Kier molecular flexibility index (Phi) is 4.77. The molecule has 0 radical (unpaired) electrons. The second-order valence-electron chi connectivity index (χ2n) is 4.05. The number of nitrogens with zero attached hydrogens (tertiary/aromatic N) is 3. The predicted molar refractivity (Wildman–Crippen MR) is 76.6 cm³/mol. The quantitative estimate of drug-likeness (QED) is 0.766. The maximum absolute atomic E-state index is 11.6. The molecular weight excluding hydrogens is 294 g/mol. The lowest BCUT2D eigenvalue weighted by molar-refractivity contribution is 0.0701. The number of amides is 2. The van der Waals surface area contributed by atoms with Crippen LogP contribution in [-0.4, -0.2) is 38.6 Å². The van der Waals surface area contributed by atoms with Gasteiger partial charge >= 0.3 is 12.0 Å². The Morgan fingerprint density at radius 3 is 2.81 bits per heavy atom. The molecule has 2 heterocycles. The number of carboxylic acid groups (broad SMARTS) is 1. The van der Waals surface area contributed by atoms with Crippen molar-refractivity contribution in [3.05, 3.63) is 34.2 Å². The number of nitrogens with one attached hydrogen (secondary N) is 2. The van der Waals surface area contributed by atoms with Crippen molar-refractivity contribution in [2.45, 2.75) is 13.3 Å². The standard InChI is InChI=1S/C12H13N5O3S/c1-7-10(11(18)19)21-9(16-7)2-3-15-12(20)17-8-6-13-4-5-14-8/h4-6H,2-3H2,1H3,(H,18,19)(H2,14,15,17,20). The highest BCUT2D eigenvalue weighted by molar-refractivity contribution is 7.13. The normalized spacial score (nSPS) is 10.1. The summed E-state index contributed by atoms with van der Waals surface area (Å²) >= 11 is 1.12. The second kappa shape index (κ2) is 6.75. The zero-order valence-corrected chi connectivity index (χ0v) is 12.0. The van der Waals surface area contributed by atoms with Crippen LogP contribution in [0.1, 0.15) is 20.4 Å². The summed E-state index contributed by atoms with van der Waals surface area (Å²) in [6, 6.07) is -0.401. The van der Waals surface area contributed by atoms with E-state index in [1.807, 2.05) is 0 Å². The zero-order valence-electron chi connectivity index (χ0n) is 11.2. The summed E-state index contributed by atoms with van der Waals surface area (Å²) in [5, 5.41) is 14.8. The van der Waals surface area contributed by atoms with Crippen LogP contribution in [0.3, 0.4) is 0 Å². The smallest absolute Gasteiger partial charge is 0.347 e. The molecule has 0 saturated carbocycles. The largest absolute Gasteiger partial charge is 0.477 e. The highest BCUT2D eigenvalue weighted by Crippen LogP contribution is 2.18. The summed E-state index contributed by atoms with van der Waals surface area (Å²) in [7, 11) is 0. The average Bonchev–Trinajstić information content (AvgIpc) is 2.81. The third-order valence-corrected chi connectivity index (χ3v) is 3.67. The SMILES string of the molecule is Cc1nc(CCNC(=O)Nc2cnccn2)sc1C(=O)O. The van der Waals surface area contributed by atoms with E-state index >= 15 is 0 Å². The first-order valence-electron chi connectivity index (χ1n) is 6.06. The number of rotatable bonds is 5. The van der Waals surface area contributed by atoms with E-state index in [0.29, 0.717) is 29.5 Å². The lowest BCUT2D eigenvalue weighted by Gasteiger charge is -2.05. The van der Waals surface area contributed by atoms with Gasteiger partial charge in [0, 0.05) is 25.4 Å². The molecule has 0 aliphatic carbocycles. The van der Waals surface area contributed by atoms with Crippen molar-refractivity contribution in [2.24, 2.45) is 0 Å². The molecule has 0 fully saturated rings. The summed E-state index contributed by atoms with van der Waals surface area (Å²) in [4.78, 5) is 34.6. The molecule has 0 aliphatic rings. The van der Waals surface area contributed by atoms with Crippen molar-refractivity contribution < 1.29 is 14.7 Å². The number of carbonyl (C=O) groups excluding carboxylic acids is 1. The number of thiazole rings is 1. The van der Waals surface area contributed by atoms with Crippen molar-refractivity contribution in [1.29, 1.82) is 0 Å². The number of aryl methyl sites for hydroxylation is 1. The molecule has 2 aromatic rings. The van der Waals surface area contributed by atoms with Crippen LogP contribution in [0.25, 0.3) is 0 Å². The van der Waals surface area contributed by atoms with E-state index in [2.05, 4.69) is 25.6 Å². The van der Waals surface area contributed by atoms with Crippen LogP contribution in [0.2, 0.25) is 0 Å². The monoisotopic (exact) mass is 307 g/mol. The second-order valence-corrected chi connectivity index (χ2v) is 5.13. The lowest BCUT2D eigenvalue weighted by Crippen LogP contribution is -2.30. The van der Waals surface area contributed by atoms with Gasteiger partial charge < -0.3 is 10.4 Å². The molecule has 9 heteroatoms. The number of anilines is 1. The van der Waals surface area contributed by atoms with Gasteiger partial charge in [-0.25, -0.2) is 19.6 Å². The Hall–Kier alpha value is -2.55. The van der Waals surface area contributed by atoms with Gasteiger partial charge in [0.05, 0.1) is 16.9 Å². The van der Waals surface area contributed by atoms with Gasteiger partial charge in [-0.05, 0) is 6.92 Å². The first-order chi connectivity index (χ1) is 10.1. The Labute approximate surface area is 124 Å². The summed E-state index contributed by atoms with van der Waals surface area (Å²) < 4.78 is 0. The van der Waals surface area contributed by atoms with Crippen LogP contribution in [0.4, 0.5) is 10.6 Å². The molecule has 8 nitrogen and oxygen atoms in total. The van der Waals surface area contributed by atoms with Crippen LogP contribution in [0.5, 0.6) is 0 Å². The molecule has 2 aromatic heterocycles. The molecular formula is C12H13N5O3S. The van der Waals surface area contributed by atoms with Gasteiger partial charge in [0.1, 0.15) is 4.88 Å². The average molecular weight is 307 g/mol. The molecule has 0 atom stereocenters. The Morgan fingerprint density at radius 1 is 1.38 bits per heavy atom. The van der Waals surface area contributed by atoms with E-state index in [-0.39, 0.29) is 4.88 Å². The van der Waals surface area contributed by atoms with E-state index in [1.54, 1.807) is 6.92 Å². The van der Waals surface area contributed by atoms with Crippen LogP contribution in [-0.2, 0) is 6.42 Å². The number of aromatic nitrogens is 3. The van der Waals surface area contributed by atoms with Crippen molar-refractivity contribution in [2.75, 3.05) is 11.9 Å². The van der Waals surface area contributed by atoms with E-state index in [9.17, 15) is 9.59 Å². The highest BCUT2D eigenvalue weighted by atomic mass is 32.1. The van der Waals surface area contributed by atoms with Crippen molar-refractivity contribution in [3.8, 4) is 0 Å². The molecule has 0 unspecified atom stereocenters. The first-order valence-corrected chi connectivity index (χ1v) is 6.88. The summed E-state index contributed by atoms with van der Waals surface area (Å²) in [5.74, 6) is -0.627. The van der Waals surface area contributed by atoms with E-state index < -0.39 is 12.0 Å². The van der Waals surface area contributed by atoms with Gasteiger partial charge in [0.25, 0.3) is 0 Å². The molecule has 0 aromatic carbocycles. The topological polar surface area (TPSA) is 117 Å².